The predicted octanol–water partition coefficient (Wildman–Crippen LogP) is 1.74. The summed E-state index contributed by atoms with van der Waals surface area (Å²) in [7, 11) is 0. The van der Waals surface area contributed by atoms with Crippen molar-refractivity contribution >= 4 is 23.5 Å². The van der Waals surface area contributed by atoms with E-state index in [9.17, 15) is 0 Å². The lowest BCUT2D eigenvalue weighted by Crippen LogP contribution is -2.54. The minimum absolute atomic E-state index is 0.134. The first-order valence-corrected chi connectivity index (χ1v) is 7.46. The monoisotopic (exact) mass is 297 g/mol. The highest BCUT2D eigenvalue weighted by Gasteiger charge is 2.33. The average molecular weight is 298 g/mol. The quantitative estimate of drug-likeness (QED) is 0.829. The minimum Gasteiger partial charge on any atom is -0.377 e. The van der Waals surface area contributed by atoms with Crippen LogP contribution in [0.15, 0.2) is 0 Å². The molecule has 0 radical (unpaired) electrons. The van der Waals surface area contributed by atoms with E-state index in [-0.39, 0.29) is 10.8 Å². The van der Waals surface area contributed by atoms with Crippen molar-refractivity contribution < 1.29 is 4.74 Å². The Labute approximate surface area is 124 Å². The Hall–Kier alpha value is -1.14. The van der Waals surface area contributed by atoms with Crippen LogP contribution in [0.2, 0.25) is 5.28 Å². The molecular weight excluding hydrogens is 278 g/mol. The molecule has 0 unspecified atom stereocenters. The van der Waals surface area contributed by atoms with Crippen molar-refractivity contribution in [3.8, 4) is 0 Å². The first kappa shape index (κ1) is 13.8. The Balaban J connectivity index is 1.92. The summed E-state index contributed by atoms with van der Waals surface area (Å²) in [4.78, 5) is 17.5. The maximum Gasteiger partial charge on any atom is 0.232 e. The molecule has 1 aromatic rings. The van der Waals surface area contributed by atoms with E-state index in [2.05, 4.69) is 38.6 Å². The molecular formula is C13H20ClN5O. The van der Waals surface area contributed by atoms with Gasteiger partial charge in [-0.3, -0.25) is 0 Å². The number of rotatable bonds is 2. The Bertz CT molecular complexity index is 490. The van der Waals surface area contributed by atoms with Gasteiger partial charge in [0.2, 0.25) is 17.2 Å². The zero-order valence-corrected chi connectivity index (χ0v) is 12.7. The summed E-state index contributed by atoms with van der Waals surface area (Å²) in [5, 5.41) is 0.263. The lowest BCUT2D eigenvalue weighted by atomic mass is 10.0. The highest BCUT2D eigenvalue weighted by Crippen LogP contribution is 2.27. The van der Waals surface area contributed by atoms with Crippen LogP contribution >= 0.6 is 11.6 Å². The summed E-state index contributed by atoms with van der Waals surface area (Å²) in [5.41, 5.74) is -0.134. The topological polar surface area (TPSA) is 54.4 Å². The molecule has 0 spiro atoms. The summed E-state index contributed by atoms with van der Waals surface area (Å²) in [6, 6.07) is 0. The Morgan fingerprint density at radius 1 is 1.05 bits per heavy atom. The number of morpholine rings is 1. The van der Waals surface area contributed by atoms with Crippen LogP contribution in [0, 0.1) is 0 Å². The van der Waals surface area contributed by atoms with E-state index in [4.69, 9.17) is 16.3 Å². The Morgan fingerprint density at radius 3 is 2.45 bits per heavy atom. The van der Waals surface area contributed by atoms with E-state index in [1.165, 1.54) is 12.8 Å². The fraction of sp³-hybridized carbons (Fsp3) is 0.769. The molecule has 20 heavy (non-hydrogen) atoms. The van der Waals surface area contributed by atoms with Gasteiger partial charge in [-0.2, -0.15) is 15.0 Å². The van der Waals surface area contributed by atoms with Crippen molar-refractivity contribution in [2.45, 2.75) is 32.2 Å². The summed E-state index contributed by atoms with van der Waals surface area (Å²) < 4.78 is 5.54. The highest BCUT2D eigenvalue weighted by molar-refractivity contribution is 6.28. The molecule has 110 valence electrons. The van der Waals surface area contributed by atoms with Crippen LogP contribution in [0.1, 0.15) is 26.7 Å². The van der Waals surface area contributed by atoms with Gasteiger partial charge in [-0.05, 0) is 38.3 Å². The van der Waals surface area contributed by atoms with Gasteiger partial charge < -0.3 is 14.5 Å². The van der Waals surface area contributed by atoms with Crippen LogP contribution in [0.3, 0.4) is 0 Å². The Kier molecular flexibility index (Phi) is 3.69. The molecule has 6 nitrogen and oxygen atoms in total. The van der Waals surface area contributed by atoms with Crippen molar-refractivity contribution in [3.05, 3.63) is 5.28 Å². The number of hydrogen-bond acceptors (Lipinski definition) is 6. The first-order chi connectivity index (χ1) is 9.56. The fourth-order valence-corrected chi connectivity index (χ4v) is 2.89. The van der Waals surface area contributed by atoms with Gasteiger partial charge in [0.15, 0.2) is 0 Å². The van der Waals surface area contributed by atoms with Crippen LogP contribution in [0.5, 0.6) is 0 Å². The molecule has 2 saturated heterocycles. The van der Waals surface area contributed by atoms with Gasteiger partial charge in [-0.25, -0.2) is 0 Å². The molecule has 2 aliphatic heterocycles. The SMILES string of the molecule is CC1(C)COCCN1c1nc(Cl)nc(N2CCCC2)n1. The molecule has 0 saturated carbocycles. The maximum atomic E-state index is 6.09. The third-order valence-corrected chi connectivity index (χ3v) is 4.03. The second-order valence-electron chi connectivity index (χ2n) is 5.92. The molecule has 0 bridgehead atoms. The number of aromatic nitrogens is 3. The van der Waals surface area contributed by atoms with Gasteiger partial charge >= 0.3 is 0 Å². The summed E-state index contributed by atoms with van der Waals surface area (Å²) >= 11 is 6.09. The van der Waals surface area contributed by atoms with E-state index in [1.807, 2.05) is 0 Å². The predicted molar refractivity (Wildman–Crippen MR) is 78.5 cm³/mol. The van der Waals surface area contributed by atoms with Crippen LogP contribution in [0.4, 0.5) is 11.9 Å². The van der Waals surface area contributed by atoms with Crippen LogP contribution in [0.25, 0.3) is 0 Å². The van der Waals surface area contributed by atoms with Crippen molar-refractivity contribution in [2.24, 2.45) is 0 Å². The molecule has 0 amide bonds. The zero-order valence-electron chi connectivity index (χ0n) is 12.0. The number of nitrogens with zero attached hydrogens (tertiary/aromatic N) is 5. The third-order valence-electron chi connectivity index (χ3n) is 3.86. The lowest BCUT2D eigenvalue weighted by molar-refractivity contribution is 0.0633. The Morgan fingerprint density at radius 2 is 1.75 bits per heavy atom. The van der Waals surface area contributed by atoms with Crippen molar-refractivity contribution in [1.82, 2.24) is 15.0 Å². The van der Waals surface area contributed by atoms with E-state index in [1.54, 1.807) is 0 Å². The summed E-state index contributed by atoms with van der Waals surface area (Å²) in [5.74, 6) is 1.35. The average Bonchev–Trinajstić information content (AvgIpc) is 2.91. The number of hydrogen-bond donors (Lipinski definition) is 0. The maximum absolute atomic E-state index is 6.09. The molecule has 3 heterocycles. The van der Waals surface area contributed by atoms with E-state index in [0.29, 0.717) is 25.1 Å². The zero-order chi connectivity index (χ0) is 14.2. The van der Waals surface area contributed by atoms with Crippen LogP contribution < -0.4 is 9.80 Å². The number of ether oxygens (including phenoxy) is 1. The molecule has 1 aromatic heterocycles. The van der Waals surface area contributed by atoms with Crippen LogP contribution in [-0.2, 0) is 4.74 Å². The molecule has 3 rings (SSSR count). The smallest absolute Gasteiger partial charge is 0.232 e. The van der Waals surface area contributed by atoms with E-state index < -0.39 is 0 Å². The van der Waals surface area contributed by atoms with Crippen molar-refractivity contribution in [1.29, 1.82) is 0 Å². The summed E-state index contributed by atoms with van der Waals surface area (Å²) in [6.07, 6.45) is 2.36. The lowest BCUT2D eigenvalue weighted by Gasteiger charge is -2.42. The molecule has 0 N–H and O–H groups in total. The molecule has 0 aromatic carbocycles. The van der Waals surface area contributed by atoms with Gasteiger partial charge in [-0.15, -0.1) is 0 Å². The van der Waals surface area contributed by atoms with Gasteiger partial charge in [0, 0.05) is 19.6 Å². The van der Waals surface area contributed by atoms with Gasteiger partial charge in [0.25, 0.3) is 0 Å². The largest absolute Gasteiger partial charge is 0.377 e. The molecule has 2 aliphatic rings. The van der Waals surface area contributed by atoms with Gasteiger partial charge in [-0.1, -0.05) is 0 Å². The van der Waals surface area contributed by atoms with E-state index >= 15 is 0 Å². The standard InChI is InChI=1S/C13H20ClN5O/c1-13(2)9-20-8-7-19(13)12-16-10(14)15-11(17-12)18-5-3-4-6-18/h3-9H2,1-2H3. The van der Waals surface area contributed by atoms with E-state index in [0.717, 1.165) is 19.6 Å². The third kappa shape index (κ3) is 2.67. The molecule has 7 heteroatoms. The second-order valence-corrected chi connectivity index (χ2v) is 6.25. The van der Waals surface area contributed by atoms with Crippen molar-refractivity contribution in [2.75, 3.05) is 42.6 Å². The normalized spacial score (nSPS) is 22.4. The van der Waals surface area contributed by atoms with Gasteiger partial charge in [0.1, 0.15) is 0 Å². The first-order valence-electron chi connectivity index (χ1n) is 7.08. The molecule has 2 fully saturated rings. The molecule has 0 atom stereocenters. The molecule has 0 aliphatic carbocycles. The second kappa shape index (κ2) is 5.33. The van der Waals surface area contributed by atoms with Crippen molar-refractivity contribution in [3.63, 3.8) is 0 Å². The summed E-state index contributed by atoms with van der Waals surface area (Å²) in [6.45, 7) is 8.35. The number of anilines is 2. The number of halogens is 1. The van der Waals surface area contributed by atoms with Gasteiger partial charge in [0.05, 0.1) is 18.8 Å². The highest BCUT2D eigenvalue weighted by atomic mass is 35.5. The minimum atomic E-state index is -0.134. The fourth-order valence-electron chi connectivity index (χ4n) is 2.74. The van der Waals surface area contributed by atoms with Crippen LogP contribution in [-0.4, -0.2) is 53.3 Å².